The quantitative estimate of drug-likeness (QED) is 0.478. The molecule has 0 radical (unpaired) electrons. The Morgan fingerprint density at radius 3 is 2.45 bits per heavy atom. The van der Waals surface area contributed by atoms with Gasteiger partial charge in [0.25, 0.3) is 0 Å². The highest BCUT2D eigenvalue weighted by Gasteiger charge is 2.11. The van der Waals surface area contributed by atoms with Gasteiger partial charge in [0.1, 0.15) is 17.2 Å². The molecule has 0 aliphatic rings. The minimum atomic E-state index is -0.831. The highest BCUT2D eigenvalue weighted by atomic mass is 16.5. The molecule has 3 aromatic carbocycles. The van der Waals surface area contributed by atoms with Crippen LogP contribution in [-0.2, 0) is 17.8 Å². The number of hydrogen-bond acceptors (Lipinski definition) is 3. The molecule has 1 aromatic heterocycles. The van der Waals surface area contributed by atoms with Crippen molar-refractivity contribution in [3.05, 3.63) is 90.1 Å². The number of hydrogen-bond donors (Lipinski definition) is 1. The third kappa shape index (κ3) is 4.24. The van der Waals surface area contributed by atoms with Gasteiger partial charge < -0.3 is 19.1 Å². The molecule has 0 saturated carbocycles. The molecule has 0 amide bonds. The van der Waals surface area contributed by atoms with Crippen molar-refractivity contribution in [2.24, 2.45) is 0 Å². The summed E-state index contributed by atoms with van der Waals surface area (Å²) in [7, 11) is 1.63. The summed E-state index contributed by atoms with van der Waals surface area (Å²) in [5.74, 6) is 1.43. The number of nitrogens with zero attached hydrogens (tertiary/aromatic N) is 1. The van der Waals surface area contributed by atoms with E-state index in [9.17, 15) is 9.90 Å². The molecule has 0 bridgehead atoms. The van der Waals surface area contributed by atoms with Gasteiger partial charge in [-0.05, 0) is 53.6 Å². The van der Waals surface area contributed by atoms with Crippen LogP contribution in [0.1, 0.15) is 11.1 Å². The van der Waals surface area contributed by atoms with Crippen molar-refractivity contribution in [2.45, 2.75) is 13.0 Å². The number of aromatic nitrogens is 1. The van der Waals surface area contributed by atoms with Crippen LogP contribution < -0.4 is 9.47 Å². The van der Waals surface area contributed by atoms with Crippen LogP contribution in [0.15, 0.2) is 79.0 Å². The molecule has 29 heavy (non-hydrogen) atoms. The maximum Gasteiger partial charge on any atom is 0.307 e. The van der Waals surface area contributed by atoms with Gasteiger partial charge in [-0.1, -0.05) is 30.3 Å². The second kappa shape index (κ2) is 8.10. The molecule has 146 valence electrons. The van der Waals surface area contributed by atoms with Gasteiger partial charge >= 0.3 is 5.97 Å². The SMILES string of the molecule is COc1ccc(Oc2cccc(Cn3cc(CC(=O)O)c4ccccc43)c2)cc1. The molecule has 1 N–H and O–H groups in total. The number of fused-ring (bicyclic) bond motifs is 1. The van der Waals surface area contributed by atoms with E-state index < -0.39 is 5.97 Å². The van der Waals surface area contributed by atoms with E-state index >= 15 is 0 Å². The van der Waals surface area contributed by atoms with Crippen LogP contribution in [0, 0.1) is 0 Å². The first-order valence-electron chi connectivity index (χ1n) is 9.32. The van der Waals surface area contributed by atoms with Crippen molar-refractivity contribution in [3.63, 3.8) is 0 Å². The van der Waals surface area contributed by atoms with Crippen molar-refractivity contribution < 1.29 is 19.4 Å². The van der Waals surface area contributed by atoms with Crippen LogP contribution in [0.25, 0.3) is 10.9 Å². The number of carboxylic acids is 1. The molecule has 5 nitrogen and oxygen atoms in total. The van der Waals surface area contributed by atoms with Gasteiger partial charge in [-0.25, -0.2) is 0 Å². The largest absolute Gasteiger partial charge is 0.497 e. The topological polar surface area (TPSA) is 60.7 Å². The van der Waals surface area contributed by atoms with Gasteiger partial charge in [0, 0.05) is 23.6 Å². The number of rotatable bonds is 7. The highest BCUT2D eigenvalue weighted by molar-refractivity contribution is 5.87. The summed E-state index contributed by atoms with van der Waals surface area (Å²) < 4.78 is 13.2. The number of benzene rings is 3. The molecule has 0 unspecified atom stereocenters. The standard InChI is InChI=1S/C24H21NO4/c1-28-19-9-11-20(12-10-19)29-21-6-4-5-17(13-21)15-25-16-18(14-24(26)27)22-7-2-3-8-23(22)25/h2-13,16H,14-15H2,1H3,(H,26,27). The molecule has 5 heteroatoms. The maximum absolute atomic E-state index is 11.2. The first-order valence-corrected chi connectivity index (χ1v) is 9.32. The summed E-state index contributed by atoms with van der Waals surface area (Å²) in [5, 5.41) is 10.2. The van der Waals surface area contributed by atoms with E-state index in [0.29, 0.717) is 6.54 Å². The average Bonchev–Trinajstić information content (AvgIpc) is 3.06. The zero-order chi connectivity index (χ0) is 20.2. The molecule has 0 atom stereocenters. The zero-order valence-electron chi connectivity index (χ0n) is 16.0. The number of ether oxygens (including phenoxy) is 2. The van der Waals surface area contributed by atoms with Gasteiger partial charge in [-0.2, -0.15) is 0 Å². The summed E-state index contributed by atoms with van der Waals surface area (Å²) in [4.78, 5) is 11.2. The molecule has 4 aromatic rings. The number of carboxylic acid groups (broad SMARTS) is 1. The predicted molar refractivity (Wildman–Crippen MR) is 112 cm³/mol. The van der Waals surface area contributed by atoms with Gasteiger partial charge in [-0.3, -0.25) is 4.79 Å². The van der Waals surface area contributed by atoms with Crippen molar-refractivity contribution in [3.8, 4) is 17.2 Å². The molecule has 0 aliphatic carbocycles. The van der Waals surface area contributed by atoms with Crippen LogP contribution in [0.4, 0.5) is 0 Å². The Morgan fingerprint density at radius 2 is 1.69 bits per heavy atom. The molecule has 4 rings (SSSR count). The van der Waals surface area contributed by atoms with Crippen molar-refractivity contribution in [1.82, 2.24) is 4.57 Å². The third-order valence-electron chi connectivity index (χ3n) is 4.76. The lowest BCUT2D eigenvalue weighted by molar-refractivity contribution is -0.136. The van der Waals surface area contributed by atoms with E-state index in [0.717, 1.165) is 39.3 Å². The number of methoxy groups -OCH3 is 1. The van der Waals surface area contributed by atoms with Gasteiger partial charge in [-0.15, -0.1) is 0 Å². The van der Waals surface area contributed by atoms with E-state index in [1.54, 1.807) is 7.11 Å². The monoisotopic (exact) mass is 387 g/mol. The lowest BCUT2D eigenvalue weighted by Gasteiger charge is -2.10. The van der Waals surface area contributed by atoms with Crippen molar-refractivity contribution in [2.75, 3.05) is 7.11 Å². The fraction of sp³-hybridized carbons (Fsp3) is 0.125. The summed E-state index contributed by atoms with van der Waals surface area (Å²) in [6, 6.07) is 23.2. The first kappa shape index (κ1) is 18.6. The Hall–Kier alpha value is -3.73. The molecular formula is C24H21NO4. The first-order chi connectivity index (χ1) is 14.1. The highest BCUT2D eigenvalue weighted by Crippen LogP contribution is 2.26. The minimum Gasteiger partial charge on any atom is -0.497 e. The molecule has 1 heterocycles. The summed E-state index contributed by atoms with van der Waals surface area (Å²) in [5.41, 5.74) is 2.91. The molecule has 0 aliphatic heterocycles. The van der Waals surface area contributed by atoms with Crippen LogP contribution in [0.3, 0.4) is 0 Å². The lowest BCUT2D eigenvalue weighted by Crippen LogP contribution is -2.00. The van der Waals surface area contributed by atoms with Crippen LogP contribution in [-0.4, -0.2) is 22.8 Å². The van der Waals surface area contributed by atoms with E-state index in [-0.39, 0.29) is 6.42 Å². The van der Waals surface area contributed by atoms with E-state index in [1.807, 2.05) is 79.0 Å². The molecule has 0 fully saturated rings. The number of para-hydroxylation sites is 1. The average molecular weight is 387 g/mol. The van der Waals surface area contributed by atoms with Gasteiger partial charge in [0.15, 0.2) is 0 Å². The predicted octanol–water partition coefficient (Wildman–Crippen LogP) is 5.12. The molecule has 0 spiro atoms. The lowest BCUT2D eigenvalue weighted by atomic mass is 10.1. The second-order valence-corrected chi connectivity index (χ2v) is 6.79. The van der Waals surface area contributed by atoms with Gasteiger partial charge in [0.2, 0.25) is 0 Å². The van der Waals surface area contributed by atoms with E-state index in [1.165, 1.54) is 0 Å². The molecule has 0 saturated heterocycles. The Kier molecular flexibility index (Phi) is 5.20. The normalized spacial score (nSPS) is 10.8. The van der Waals surface area contributed by atoms with E-state index in [2.05, 4.69) is 4.57 Å². The summed E-state index contributed by atoms with van der Waals surface area (Å²) in [6.45, 7) is 0.625. The fourth-order valence-corrected chi connectivity index (χ4v) is 3.44. The Labute approximate surface area is 168 Å². The van der Waals surface area contributed by atoms with Crippen molar-refractivity contribution in [1.29, 1.82) is 0 Å². The zero-order valence-corrected chi connectivity index (χ0v) is 16.0. The van der Waals surface area contributed by atoms with Crippen LogP contribution in [0.5, 0.6) is 17.2 Å². The van der Waals surface area contributed by atoms with Crippen LogP contribution in [0.2, 0.25) is 0 Å². The Balaban J connectivity index is 1.58. The Bertz CT molecular complexity index is 1150. The van der Waals surface area contributed by atoms with Gasteiger partial charge in [0.05, 0.1) is 13.5 Å². The third-order valence-corrected chi connectivity index (χ3v) is 4.76. The van der Waals surface area contributed by atoms with Crippen molar-refractivity contribution >= 4 is 16.9 Å². The smallest absolute Gasteiger partial charge is 0.307 e. The summed E-state index contributed by atoms with van der Waals surface area (Å²) >= 11 is 0. The van der Waals surface area contributed by atoms with Crippen LogP contribution >= 0.6 is 0 Å². The Morgan fingerprint density at radius 1 is 0.931 bits per heavy atom. The summed E-state index contributed by atoms with van der Waals surface area (Å²) in [6.07, 6.45) is 1.93. The fourth-order valence-electron chi connectivity index (χ4n) is 3.44. The van der Waals surface area contributed by atoms with E-state index in [4.69, 9.17) is 9.47 Å². The number of carbonyl (C=O) groups is 1. The second-order valence-electron chi connectivity index (χ2n) is 6.79. The maximum atomic E-state index is 11.2. The molecular weight excluding hydrogens is 366 g/mol. The number of aliphatic carboxylic acids is 1. The minimum absolute atomic E-state index is 0.00807.